The van der Waals surface area contributed by atoms with Crippen LogP contribution in [0.15, 0.2) is 66.7 Å². The molecule has 0 aromatic heterocycles. The minimum absolute atomic E-state index is 0.0821. The molecule has 2 amide bonds. The van der Waals surface area contributed by atoms with Crippen LogP contribution in [-0.4, -0.2) is 41.0 Å². The number of rotatable bonds is 2. The van der Waals surface area contributed by atoms with Gasteiger partial charge in [-0.2, -0.15) is 0 Å². The summed E-state index contributed by atoms with van der Waals surface area (Å²) in [5.41, 5.74) is 3.00. The van der Waals surface area contributed by atoms with Gasteiger partial charge < -0.3 is 0 Å². The van der Waals surface area contributed by atoms with E-state index in [4.69, 9.17) is 0 Å². The van der Waals surface area contributed by atoms with E-state index in [0.717, 1.165) is 35.8 Å². The third-order valence-electron chi connectivity index (χ3n) is 6.83. The number of hydrogen-bond acceptors (Lipinski definition) is 4. The predicted molar refractivity (Wildman–Crippen MR) is 116 cm³/mol. The summed E-state index contributed by atoms with van der Waals surface area (Å²) in [7, 11) is 0. The number of aryl methyl sites for hydroxylation is 1. The van der Waals surface area contributed by atoms with E-state index < -0.39 is 6.04 Å². The monoisotopic (exact) mass is 397 g/mol. The Kier molecular flexibility index (Phi) is 3.85. The second kappa shape index (κ2) is 6.49. The summed E-state index contributed by atoms with van der Waals surface area (Å²) >= 11 is 0. The fraction of sp³-hybridized carbons (Fsp3) is 0.280. The molecule has 0 saturated carbocycles. The molecule has 3 fully saturated rings. The van der Waals surface area contributed by atoms with E-state index in [1.54, 1.807) is 0 Å². The zero-order valence-corrected chi connectivity index (χ0v) is 16.9. The smallest absolute Gasteiger partial charge is 0.253 e. The number of benzene rings is 3. The number of imide groups is 1. The second-order valence-corrected chi connectivity index (χ2v) is 8.52. The number of amides is 2. The first-order valence-electron chi connectivity index (χ1n) is 10.6. The molecule has 0 radical (unpaired) electrons. The molecule has 0 N–H and O–H groups in total. The Hall–Kier alpha value is -3.02. The van der Waals surface area contributed by atoms with E-state index in [2.05, 4.69) is 41.2 Å². The van der Waals surface area contributed by atoms with Crippen LogP contribution in [0.2, 0.25) is 0 Å². The number of anilines is 1. The van der Waals surface area contributed by atoms with Crippen molar-refractivity contribution < 1.29 is 9.59 Å². The van der Waals surface area contributed by atoms with E-state index in [9.17, 15) is 9.59 Å². The number of carbonyl (C=O) groups excluding carboxylic acids is 2. The van der Waals surface area contributed by atoms with Gasteiger partial charge in [-0.25, -0.2) is 14.9 Å². The lowest BCUT2D eigenvalue weighted by Crippen LogP contribution is -2.44. The van der Waals surface area contributed by atoms with Crippen LogP contribution in [0.1, 0.15) is 23.6 Å². The summed E-state index contributed by atoms with van der Waals surface area (Å²) in [5.74, 6) is -0.552. The maximum absolute atomic E-state index is 13.8. The molecule has 0 aliphatic carbocycles. The van der Waals surface area contributed by atoms with Crippen molar-refractivity contribution in [1.82, 2.24) is 10.0 Å². The molecule has 0 bridgehead atoms. The van der Waals surface area contributed by atoms with Crippen molar-refractivity contribution in [3.05, 3.63) is 77.9 Å². The third-order valence-corrected chi connectivity index (χ3v) is 6.83. The Morgan fingerprint density at radius 2 is 1.47 bits per heavy atom. The first-order chi connectivity index (χ1) is 14.6. The Morgan fingerprint density at radius 1 is 0.767 bits per heavy atom. The van der Waals surface area contributed by atoms with Gasteiger partial charge in [-0.3, -0.25) is 9.59 Å². The third kappa shape index (κ3) is 2.36. The Balaban J connectivity index is 1.48. The van der Waals surface area contributed by atoms with Gasteiger partial charge in [-0.05, 0) is 30.4 Å². The van der Waals surface area contributed by atoms with Crippen molar-refractivity contribution in [3.8, 4) is 0 Å². The van der Waals surface area contributed by atoms with Crippen molar-refractivity contribution in [3.63, 3.8) is 0 Å². The fourth-order valence-electron chi connectivity index (χ4n) is 5.52. The lowest BCUT2D eigenvalue weighted by Gasteiger charge is -2.30. The molecule has 3 saturated heterocycles. The van der Waals surface area contributed by atoms with Gasteiger partial charge in [0.2, 0.25) is 5.91 Å². The summed E-state index contributed by atoms with van der Waals surface area (Å²) in [6.07, 6.45) is 1.02. The van der Waals surface area contributed by atoms with Gasteiger partial charge in [0.1, 0.15) is 6.04 Å². The summed E-state index contributed by atoms with van der Waals surface area (Å²) in [6.45, 7) is 3.78. The number of hydrazine groups is 1. The molecule has 3 heterocycles. The molecule has 3 aliphatic heterocycles. The SMILES string of the molecule is Cc1ccc([C@@H]2[C@H]3C(=O)N(c4cccc5ccccc45)C(=O)[C@H]3N3CCCN23)cc1. The zero-order valence-electron chi connectivity index (χ0n) is 16.9. The van der Waals surface area contributed by atoms with Crippen molar-refractivity contribution in [2.75, 3.05) is 18.0 Å². The van der Waals surface area contributed by atoms with Gasteiger partial charge in [-0.15, -0.1) is 0 Å². The summed E-state index contributed by atoms with van der Waals surface area (Å²) in [6, 6.07) is 21.7. The Labute approximate surface area is 175 Å². The maximum Gasteiger partial charge on any atom is 0.253 e. The van der Waals surface area contributed by atoms with Crippen LogP contribution in [0.25, 0.3) is 10.8 Å². The van der Waals surface area contributed by atoms with Crippen molar-refractivity contribution in [2.24, 2.45) is 5.92 Å². The van der Waals surface area contributed by atoms with E-state index in [1.165, 1.54) is 10.5 Å². The van der Waals surface area contributed by atoms with E-state index in [1.807, 2.05) is 42.5 Å². The number of fused-ring (bicyclic) bond motifs is 4. The highest BCUT2D eigenvalue weighted by Gasteiger charge is 2.62. The number of carbonyl (C=O) groups is 2. The molecule has 150 valence electrons. The highest BCUT2D eigenvalue weighted by Crippen LogP contribution is 2.49. The van der Waals surface area contributed by atoms with Crippen molar-refractivity contribution >= 4 is 28.3 Å². The van der Waals surface area contributed by atoms with Crippen LogP contribution < -0.4 is 4.90 Å². The van der Waals surface area contributed by atoms with Crippen LogP contribution in [0.4, 0.5) is 5.69 Å². The average Bonchev–Trinajstić information content (AvgIpc) is 3.41. The lowest BCUT2D eigenvalue weighted by molar-refractivity contribution is -0.126. The molecule has 6 rings (SSSR count). The molecule has 3 aromatic carbocycles. The minimum atomic E-state index is -0.412. The van der Waals surface area contributed by atoms with Crippen molar-refractivity contribution in [2.45, 2.75) is 25.4 Å². The van der Waals surface area contributed by atoms with Gasteiger partial charge in [-0.1, -0.05) is 66.2 Å². The molecule has 3 aliphatic rings. The molecule has 3 aromatic rings. The topological polar surface area (TPSA) is 43.9 Å². The quantitative estimate of drug-likeness (QED) is 0.619. The standard InChI is InChI=1S/C25H23N3O2/c1-16-10-12-18(13-11-16)22-21-23(27-15-5-14-26(22)27)25(30)28(24(21)29)20-9-4-7-17-6-2-3-8-19(17)20/h2-4,6-13,21-23H,5,14-15H2,1H3/t21-,22-,23+/m1/s1. The van der Waals surface area contributed by atoms with Crippen LogP contribution in [-0.2, 0) is 9.59 Å². The Morgan fingerprint density at radius 3 is 2.27 bits per heavy atom. The predicted octanol–water partition coefficient (Wildman–Crippen LogP) is 3.68. The Bertz CT molecular complexity index is 1170. The van der Waals surface area contributed by atoms with Gasteiger partial charge in [0.15, 0.2) is 0 Å². The molecule has 0 spiro atoms. The van der Waals surface area contributed by atoms with Crippen LogP contribution in [0, 0.1) is 12.8 Å². The van der Waals surface area contributed by atoms with Crippen LogP contribution >= 0.6 is 0 Å². The van der Waals surface area contributed by atoms with Gasteiger partial charge >= 0.3 is 0 Å². The maximum atomic E-state index is 13.8. The summed E-state index contributed by atoms with van der Waals surface area (Å²) in [4.78, 5) is 28.9. The second-order valence-electron chi connectivity index (χ2n) is 8.52. The zero-order chi connectivity index (χ0) is 20.4. The van der Waals surface area contributed by atoms with Crippen molar-refractivity contribution in [1.29, 1.82) is 0 Å². The first kappa shape index (κ1) is 17.8. The van der Waals surface area contributed by atoms with E-state index in [0.29, 0.717) is 5.69 Å². The molecule has 3 atom stereocenters. The van der Waals surface area contributed by atoms with E-state index >= 15 is 0 Å². The molecule has 0 unspecified atom stereocenters. The van der Waals surface area contributed by atoms with Gasteiger partial charge in [0.05, 0.1) is 17.6 Å². The molecular weight excluding hydrogens is 374 g/mol. The van der Waals surface area contributed by atoms with Crippen LogP contribution in [0.5, 0.6) is 0 Å². The highest BCUT2D eigenvalue weighted by molar-refractivity contribution is 6.26. The molecule has 30 heavy (non-hydrogen) atoms. The molecule has 5 nitrogen and oxygen atoms in total. The molecule has 5 heteroatoms. The number of nitrogens with zero attached hydrogens (tertiary/aromatic N) is 3. The fourth-order valence-corrected chi connectivity index (χ4v) is 5.52. The first-order valence-corrected chi connectivity index (χ1v) is 10.6. The normalized spacial score (nSPS) is 26.6. The number of hydrogen-bond donors (Lipinski definition) is 0. The lowest BCUT2D eigenvalue weighted by atomic mass is 9.89. The molecular formula is C25H23N3O2. The van der Waals surface area contributed by atoms with Gasteiger partial charge in [0.25, 0.3) is 5.91 Å². The average molecular weight is 397 g/mol. The highest BCUT2D eigenvalue weighted by atomic mass is 16.2. The van der Waals surface area contributed by atoms with E-state index in [-0.39, 0.29) is 23.8 Å². The summed E-state index contributed by atoms with van der Waals surface area (Å²) in [5, 5.41) is 6.38. The summed E-state index contributed by atoms with van der Waals surface area (Å²) < 4.78 is 0. The minimum Gasteiger partial charge on any atom is -0.274 e. The van der Waals surface area contributed by atoms with Gasteiger partial charge in [0, 0.05) is 18.5 Å². The largest absolute Gasteiger partial charge is 0.274 e. The van der Waals surface area contributed by atoms with Crippen LogP contribution in [0.3, 0.4) is 0 Å².